The third-order valence-corrected chi connectivity index (χ3v) is 4.04. The van der Waals surface area contributed by atoms with Gasteiger partial charge in [-0.05, 0) is 25.2 Å². The van der Waals surface area contributed by atoms with Gasteiger partial charge in [-0.25, -0.2) is 4.79 Å². The Hall–Kier alpha value is -1.06. The maximum absolute atomic E-state index is 12.1. The van der Waals surface area contributed by atoms with Crippen molar-refractivity contribution >= 4 is 11.9 Å². The van der Waals surface area contributed by atoms with E-state index < -0.39 is 6.04 Å². The molecule has 0 spiro atoms. The number of carbonyl (C=O) groups is 2. The predicted molar refractivity (Wildman–Crippen MR) is 67.9 cm³/mol. The number of hydrogen-bond acceptors (Lipinski definition) is 3. The fraction of sp³-hybridized carbons (Fsp3) is 0.857. The zero-order valence-electron chi connectivity index (χ0n) is 11.1. The monoisotopic (exact) mass is 253 g/mol. The smallest absolute Gasteiger partial charge is 0.328 e. The summed E-state index contributed by atoms with van der Waals surface area (Å²) in [7, 11) is 1.38. The first-order valence-electron chi connectivity index (χ1n) is 7.09. The Bertz CT molecular complexity index is 306. The number of esters is 1. The number of ether oxygens (including phenoxy) is 1. The summed E-state index contributed by atoms with van der Waals surface area (Å²) < 4.78 is 4.78. The van der Waals surface area contributed by atoms with Crippen LogP contribution in [0, 0.1) is 11.8 Å². The number of amides is 1. The van der Waals surface area contributed by atoms with Crippen LogP contribution in [0.15, 0.2) is 0 Å². The summed E-state index contributed by atoms with van der Waals surface area (Å²) in [4.78, 5) is 23.8. The van der Waals surface area contributed by atoms with Crippen LogP contribution in [-0.2, 0) is 14.3 Å². The van der Waals surface area contributed by atoms with Crippen LogP contribution in [0.3, 0.4) is 0 Å². The van der Waals surface area contributed by atoms with Crippen LogP contribution in [0.25, 0.3) is 0 Å². The van der Waals surface area contributed by atoms with Gasteiger partial charge < -0.3 is 10.1 Å². The number of carbonyl (C=O) groups excluding carboxylic acids is 2. The molecule has 2 saturated carbocycles. The van der Waals surface area contributed by atoms with Crippen molar-refractivity contribution in [1.29, 1.82) is 0 Å². The Morgan fingerprint density at radius 1 is 1.17 bits per heavy atom. The van der Waals surface area contributed by atoms with E-state index in [4.69, 9.17) is 4.74 Å². The van der Waals surface area contributed by atoms with Crippen LogP contribution in [0.2, 0.25) is 0 Å². The Morgan fingerprint density at radius 2 is 1.83 bits per heavy atom. The summed E-state index contributed by atoms with van der Waals surface area (Å²) in [5.41, 5.74) is 0. The minimum absolute atomic E-state index is 0.0470. The Balaban J connectivity index is 1.85. The highest BCUT2D eigenvalue weighted by Gasteiger charge is 2.32. The molecule has 0 aliphatic heterocycles. The van der Waals surface area contributed by atoms with Crippen LogP contribution in [0.5, 0.6) is 0 Å². The van der Waals surface area contributed by atoms with E-state index in [1.54, 1.807) is 0 Å². The van der Waals surface area contributed by atoms with Gasteiger partial charge in [-0.15, -0.1) is 0 Å². The Morgan fingerprint density at radius 3 is 2.39 bits per heavy atom. The van der Waals surface area contributed by atoms with E-state index in [1.807, 2.05) is 0 Å². The van der Waals surface area contributed by atoms with Crippen molar-refractivity contribution in [2.24, 2.45) is 11.8 Å². The molecule has 1 amide bonds. The van der Waals surface area contributed by atoms with Crippen LogP contribution in [0.1, 0.15) is 51.4 Å². The lowest BCUT2D eigenvalue weighted by molar-refractivity contribution is -0.146. The minimum Gasteiger partial charge on any atom is -0.467 e. The maximum Gasteiger partial charge on any atom is 0.328 e. The fourth-order valence-corrected chi connectivity index (χ4v) is 2.70. The van der Waals surface area contributed by atoms with Crippen molar-refractivity contribution in [2.45, 2.75) is 57.4 Å². The molecule has 2 fully saturated rings. The second-order valence-electron chi connectivity index (χ2n) is 5.60. The van der Waals surface area contributed by atoms with Crippen molar-refractivity contribution < 1.29 is 14.3 Å². The minimum atomic E-state index is -0.433. The number of rotatable bonds is 5. The van der Waals surface area contributed by atoms with Gasteiger partial charge >= 0.3 is 5.97 Å². The molecule has 0 heterocycles. The second kappa shape index (κ2) is 6.21. The van der Waals surface area contributed by atoms with Crippen molar-refractivity contribution in [2.75, 3.05) is 7.11 Å². The lowest BCUT2D eigenvalue weighted by Gasteiger charge is -2.23. The molecule has 2 aliphatic rings. The molecule has 0 aromatic carbocycles. The van der Waals surface area contributed by atoms with Gasteiger partial charge in [0.25, 0.3) is 0 Å². The second-order valence-corrected chi connectivity index (χ2v) is 5.60. The Labute approximate surface area is 108 Å². The highest BCUT2D eigenvalue weighted by molar-refractivity contribution is 5.85. The van der Waals surface area contributed by atoms with Gasteiger partial charge in [0.2, 0.25) is 5.91 Å². The lowest BCUT2D eigenvalue weighted by atomic mass is 9.88. The number of hydrogen-bond donors (Lipinski definition) is 1. The van der Waals surface area contributed by atoms with Gasteiger partial charge in [0.15, 0.2) is 0 Å². The molecular weight excluding hydrogens is 230 g/mol. The van der Waals surface area contributed by atoms with E-state index in [0.29, 0.717) is 5.92 Å². The molecule has 18 heavy (non-hydrogen) atoms. The average molecular weight is 253 g/mol. The van der Waals surface area contributed by atoms with Gasteiger partial charge in [0.05, 0.1) is 7.11 Å². The average Bonchev–Trinajstić information content (AvgIpc) is 3.22. The van der Waals surface area contributed by atoms with Crippen LogP contribution < -0.4 is 5.32 Å². The first kappa shape index (κ1) is 13.4. The fourth-order valence-electron chi connectivity index (χ4n) is 2.70. The molecule has 0 radical (unpaired) electrons. The maximum atomic E-state index is 12.1. The molecule has 0 bridgehead atoms. The molecular formula is C14H23NO3. The highest BCUT2D eigenvalue weighted by atomic mass is 16.5. The van der Waals surface area contributed by atoms with Crippen LogP contribution in [0.4, 0.5) is 0 Å². The number of nitrogens with one attached hydrogen (secondary N) is 1. The molecule has 2 rings (SSSR count). The molecule has 4 nitrogen and oxygen atoms in total. The normalized spacial score (nSPS) is 22.3. The van der Waals surface area contributed by atoms with E-state index in [2.05, 4.69) is 5.32 Å². The predicted octanol–water partition coefficient (Wildman–Crippen LogP) is 2.02. The largest absolute Gasteiger partial charge is 0.467 e. The molecule has 0 saturated heterocycles. The zero-order chi connectivity index (χ0) is 13.0. The van der Waals surface area contributed by atoms with Crippen molar-refractivity contribution in [3.63, 3.8) is 0 Å². The summed E-state index contributed by atoms with van der Waals surface area (Å²) in [6, 6.07) is -0.433. The summed E-state index contributed by atoms with van der Waals surface area (Å²) >= 11 is 0. The van der Waals surface area contributed by atoms with E-state index in [9.17, 15) is 9.59 Å². The molecule has 0 aromatic heterocycles. The highest BCUT2D eigenvalue weighted by Crippen LogP contribution is 2.34. The zero-order valence-corrected chi connectivity index (χ0v) is 11.1. The van der Waals surface area contributed by atoms with E-state index in [0.717, 1.165) is 32.1 Å². The molecule has 102 valence electrons. The molecule has 0 aromatic rings. The van der Waals surface area contributed by atoms with Gasteiger partial charge in [-0.2, -0.15) is 0 Å². The van der Waals surface area contributed by atoms with Crippen LogP contribution in [-0.4, -0.2) is 25.0 Å². The van der Waals surface area contributed by atoms with Gasteiger partial charge in [0, 0.05) is 5.92 Å². The standard InChI is InChI=1S/C14H23NO3/c1-18-14(17)12(9-10-7-8-10)15-13(16)11-5-3-2-4-6-11/h10-12H,2-9H2,1H3,(H,15,16)/t12-/m0/s1. The molecule has 4 heteroatoms. The number of methoxy groups -OCH3 is 1. The Kier molecular flexibility index (Phi) is 4.61. The van der Waals surface area contributed by atoms with E-state index >= 15 is 0 Å². The van der Waals surface area contributed by atoms with Crippen LogP contribution >= 0.6 is 0 Å². The molecule has 1 N–H and O–H groups in total. The third kappa shape index (κ3) is 3.72. The van der Waals surface area contributed by atoms with Gasteiger partial charge in [0.1, 0.15) is 6.04 Å². The first-order chi connectivity index (χ1) is 8.70. The summed E-state index contributed by atoms with van der Waals surface area (Å²) in [5.74, 6) is 0.447. The van der Waals surface area contributed by atoms with Gasteiger partial charge in [-0.3, -0.25) is 4.79 Å². The van der Waals surface area contributed by atoms with Crippen molar-refractivity contribution in [3.05, 3.63) is 0 Å². The third-order valence-electron chi connectivity index (χ3n) is 4.04. The van der Waals surface area contributed by atoms with E-state index in [1.165, 1.54) is 26.4 Å². The van der Waals surface area contributed by atoms with Crippen molar-refractivity contribution in [3.8, 4) is 0 Å². The van der Waals surface area contributed by atoms with Gasteiger partial charge in [-0.1, -0.05) is 32.1 Å². The lowest BCUT2D eigenvalue weighted by Crippen LogP contribution is -2.44. The molecule has 2 aliphatic carbocycles. The molecule has 0 unspecified atom stereocenters. The summed E-state index contributed by atoms with van der Waals surface area (Å²) in [6.45, 7) is 0. The van der Waals surface area contributed by atoms with E-state index in [-0.39, 0.29) is 17.8 Å². The van der Waals surface area contributed by atoms with Crippen molar-refractivity contribution in [1.82, 2.24) is 5.32 Å². The summed E-state index contributed by atoms with van der Waals surface area (Å²) in [5, 5.41) is 2.90. The SMILES string of the molecule is COC(=O)[C@H](CC1CC1)NC(=O)C1CCCCC1. The summed E-state index contributed by atoms with van der Waals surface area (Å²) in [6.07, 6.45) is 8.50. The quantitative estimate of drug-likeness (QED) is 0.763. The first-order valence-corrected chi connectivity index (χ1v) is 7.09. The topological polar surface area (TPSA) is 55.4 Å². The molecule has 1 atom stereocenters.